The topological polar surface area (TPSA) is 29.5 Å². The van der Waals surface area contributed by atoms with Crippen molar-refractivity contribution in [3.05, 3.63) is 35.6 Å². The molecule has 0 spiro atoms. The van der Waals surface area contributed by atoms with Crippen LogP contribution >= 0.6 is 0 Å². The Bertz CT molecular complexity index is 388. The number of hydrogen-bond acceptors (Lipinski definition) is 2. The molecule has 18 heavy (non-hydrogen) atoms. The van der Waals surface area contributed by atoms with Gasteiger partial charge in [-0.3, -0.25) is 0 Å². The lowest BCUT2D eigenvalue weighted by atomic mass is 9.85. The summed E-state index contributed by atoms with van der Waals surface area (Å²) < 4.78 is 18.8. The zero-order valence-corrected chi connectivity index (χ0v) is 10.9. The smallest absolute Gasteiger partial charge is 0.123 e. The monoisotopic (exact) mass is 252 g/mol. The lowest BCUT2D eigenvalue weighted by molar-refractivity contribution is 0.00304. The molecule has 0 aliphatic carbocycles. The number of ether oxygens (including phenoxy) is 1. The van der Waals surface area contributed by atoms with Crippen molar-refractivity contribution in [3.63, 3.8) is 0 Å². The van der Waals surface area contributed by atoms with E-state index in [1.54, 1.807) is 12.1 Å². The zero-order chi connectivity index (χ0) is 13.0. The molecule has 0 amide bonds. The van der Waals surface area contributed by atoms with Gasteiger partial charge in [0.15, 0.2) is 0 Å². The van der Waals surface area contributed by atoms with Crippen LogP contribution in [0.5, 0.6) is 0 Å². The maximum absolute atomic E-state index is 13.2. The molecule has 1 fully saturated rings. The van der Waals surface area contributed by atoms with Crippen LogP contribution in [0.4, 0.5) is 4.39 Å². The van der Waals surface area contributed by atoms with E-state index in [1.807, 2.05) is 6.92 Å². The van der Waals surface area contributed by atoms with Crippen LogP contribution in [-0.4, -0.2) is 17.8 Å². The van der Waals surface area contributed by atoms with Crippen molar-refractivity contribution in [1.29, 1.82) is 0 Å². The first-order valence-electron chi connectivity index (χ1n) is 6.74. The Morgan fingerprint density at radius 2 is 2.33 bits per heavy atom. The number of benzene rings is 1. The van der Waals surface area contributed by atoms with Crippen molar-refractivity contribution < 1.29 is 14.2 Å². The normalized spacial score (nSPS) is 22.9. The lowest BCUT2D eigenvalue weighted by Crippen LogP contribution is -2.26. The fourth-order valence-corrected chi connectivity index (χ4v) is 2.57. The summed E-state index contributed by atoms with van der Waals surface area (Å²) in [5.74, 6) is -0.295. The Morgan fingerprint density at radius 3 is 2.94 bits per heavy atom. The average Bonchev–Trinajstić information content (AvgIpc) is 2.89. The van der Waals surface area contributed by atoms with Crippen molar-refractivity contribution in [2.75, 3.05) is 6.61 Å². The predicted molar refractivity (Wildman–Crippen MR) is 68.8 cm³/mol. The Morgan fingerprint density at radius 1 is 1.50 bits per heavy atom. The third-order valence-electron chi connectivity index (χ3n) is 3.85. The lowest BCUT2D eigenvalue weighted by Gasteiger charge is -2.28. The maximum atomic E-state index is 13.2. The van der Waals surface area contributed by atoms with E-state index in [1.165, 1.54) is 12.1 Å². The Kier molecular flexibility index (Phi) is 4.36. The quantitative estimate of drug-likeness (QED) is 0.870. The van der Waals surface area contributed by atoms with Gasteiger partial charge in [0.25, 0.3) is 0 Å². The van der Waals surface area contributed by atoms with Crippen LogP contribution in [0.15, 0.2) is 24.3 Å². The molecule has 1 saturated heterocycles. The summed E-state index contributed by atoms with van der Waals surface area (Å²) in [6.45, 7) is 2.76. The van der Waals surface area contributed by atoms with E-state index in [-0.39, 0.29) is 11.9 Å². The third kappa shape index (κ3) is 3.09. The molecule has 2 atom stereocenters. The van der Waals surface area contributed by atoms with Gasteiger partial charge in [-0.2, -0.15) is 0 Å². The van der Waals surface area contributed by atoms with Gasteiger partial charge in [-0.05, 0) is 49.8 Å². The largest absolute Gasteiger partial charge is 0.385 e. The second-order valence-electron chi connectivity index (χ2n) is 5.07. The minimum absolute atomic E-state index is 0.261. The first-order chi connectivity index (χ1) is 8.64. The first-order valence-corrected chi connectivity index (χ1v) is 6.74. The minimum Gasteiger partial charge on any atom is -0.385 e. The van der Waals surface area contributed by atoms with E-state index in [4.69, 9.17) is 4.74 Å². The highest BCUT2D eigenvalue weighted by Gasteiger charge is 2.29. The molecule has 0 saturated carbocycles. The molecular weight excluding hydrogens is 231 g/mol. The second-order valence-corrected chi connectivity index (χ2v) is 5.07. The highest BCUT2D eigenvalue weighted by atomic mass is 19.1. The van der Waals surface area contributed by atoms with Gasteiger partial charge in [-0.25, -0.2) is 4.39 Å². The summed E-state index contributed by atoms with van der Waals surface area (Å²) in [7, 11) is 0. The van der Waals surface area contributed by atoms with E-state index < -0.39 is 5.60 Å². The maximum Gasteiger partial charge on any atom is 0.123 e. The molecule has 2 nitrogen and oxygen atoms in total. The fourth-order valence-electron chi connectivity index (χ4n) is 2.57. The summed E-state index contributed by atoms with van der Waals surface area (Å²) >= 11 is 0. The summed E-state index contributed by atoms with van der Waals surface area (Å²) in [6, 6.07) is 6.28. The molecule has 1 aromatic carbocycles. The van der Waals surface area contributed by atoms with E-state index in [2.05, 4.69) is 0 Å². The summed E-state index contributed by atoms with van der Waals surface area (Å²) in [5.41, 5.74) is -0.267. The molecule has 0 bridgehead atoms. The summed E-state index contributed by atoms with van der Waals surface area (Å²) in [5, 5.41) is 10.7. The minimum atomic E-state index is -0.936. The third-order valence-corrected chi connectivity index (χ3v) is 3.85. The van der Waals surface area contributed by atoms with Crippen molar-refractivity contribution in [3.8, 4) is 0 Å². The van der Waals surface area contributed by atoms with Gasteiger partial charge in [-0.1, -0.05) is 19.1 Å². The van der Waals surface area contributed by atoms with Crippen LogP contribution < -0.4 is 0 Å². The Balaban J connectivity index is 2.04. The number of hydrogen-bond donors (Lipinski definition) is 1. The standard InChI is InChI=1S/C15H21FO2/c1-2-15(17,9-8-14-7-4-10-18-14)12-5-3-6-13(16)11-12/h3,5-6,11,14,17H,2,4,7-10H2,1H3. The van der Waals surface area contributed by atoms with Crippen molar-refractivity contribution in [1.82, 2.24) is 0 Å². The SMILES string of the molecule is CCC(O)(CCC1CCCO1)c1cccc(F)c1. The molecule has 2 rings (SSSR count). The number of halogens is 1. The van der Waals surface area contributed by atoms with Crippen molar-refractivity contribution in [2.45, 2.75) is 50.7 Å². The highest BCUT2D eigenvalue weighted by Crippen LogP contribution is 2.32. The molecule has 0 radical (unpaired) electrons. The second kappa shape index (κ2) is 5.81. The van der Waals surface area contributed by atoms with Crippen molar-refractivity contribution in [2.24, 2.45) is 0 Å². The van der Waals surface area contributed by atoms with Gasteiger partial charge in [0, 0.05) is 6.61 Å². The van der Waals surface area contributed by atoms with E-state index in [0.717, 1.165) is 25.9 Å². The number of rotatable bonds is 5. The molecule has 1 aliphatic heterocycles. The van der Waals surface area contributed by atoms with E-state index >= 15 is 0 Å². The van der Waals surface area contributed by atoms with Crippen LogP contribution in [0.1, 0.15) is 44.6 Å². The molecule has 0 aromatic heterocycles. The van der Waals surface area contributed by atoms with Crippen LogP contribution in [0, 0.1) is 5.82 Å². The molecular formula is C15H21FO2. The van der Waals surface area contributed by atoms with E-state index in [9.17, 15) is 9.50 Å². The van der Waals surface area contributed by atoms with Gasteiger partial charge in [0.1, 0.15) is 5.82 Å². The zero-order valence-electron chi connectivity index (χ0n) is 10.9. The molecule has 100 valence electrons. The molecule has 1 aliphatic rings. The van der Waals surface area contributed by atoms with Crippen LogP contribution in [0.3, 0.4) is 0 Å². The predicted octanol–water partition coefficient (Wildman–Crippen LogP) is 3.38. The number of aliphatic hydroxyl groups is 1. The van der Waals surface area contributed by atoms with Gasteiger partial charge >= 0.3 is 0 Å². The Hall–Kier alpha value is -0.930. The van der Waals surface area contributed by atoms with Gasteiger partial charge in [-0.15, -0.1) is 0 Å². The first kappa shape index (κ1) is 13.5. The fraction of sp³-hybridized carbons (Fsp3) is 0.600. The van der Waals surface area contributed by atoms with Gasteiger partial charge < -0.3 is 9.84 Å². The highest BCUT2D eigenvalue weighted by molar-refractivity contribution is 5.23. The molecule has 1 aromatic rings. The van der Waals surface area contributed by atoms with E-state index in [0.29, 0.717) is 18.4 Å². The Labute approximate surface area is 108 Å². The molecule has 1 heterocycles. The van der Waals surface area contributed by atoms with Crippen molar-refractivity contribution >= 4 is 0 Å². The average molecular weight is 252 g/mol. The molecule has 3 heteroatoms. The van der Waals surface area contributed by atoms with Crippen LogP contribution in [-0.2, 0) is 10.3 Å². The molecule has 1 N–H and O–H groups in total. The van der Waals surface area contributed by atoms with Crippen LogP contribution in [0.25, 0.3) is 0 Å². The van der Waals surface area contributed by atoms with Gasteiger partial charge in [0.05, 0.1) is 11.7 Å². The molecule has 2 unspecified atom stereocenters. The van der Waals surface area contributed by atoms with Gasteiger partial charge in [0.2, 0.25) is 0 Å². The van der Waals surface area contributed by atoms with Crippen LogP contribution in [0.2, 0.25) is 0 Å². The summed E-state index contributed by atoms with van der Waals surface area (Å²) in [4.78, 5) is 0. The summed E-state index contributed by atoms with van der Waals surface area (Å²) in [6.07, 6.45) is 4.48.